The Kier molecular flexibility index (Phi) is 4.06. The molecule has 0 saturated heterocycles. The van der Waals surface area contributed by atoms with Crippen molar-refractivity contribution < 1.29 is 4.52 Å². The van der Waals surface area contributed by atoms with Crippen LogP contribution in [0.4, 0.5) is 0 Å². The first kappa shape index (κ1) is 12.7. The van der Waals surface area contributed by atoms with Crippen LogP contribution < -0.4 is 0 Å². The topological polar surface area (TPSA) is 49.8 Å². The van der Waals surface area contributed by atoms with Crippen molar-refractivity contribution in [2.24, 2.45) is 0 Å². The largest absolute Gasteiger partial charge is 0.361 e. The van der Waals surface area contributed by atoms with Crippen molar-refractivity contribution in [3.8, 4) is 6.07 Å². The summed E-state index contributed by atoms with van der Waals surface area (Å²) in [5.74, 6) is 2.73. The maximum Gasteiger partial charge on any atom is 0.137 e. The molecule has 0 fully saturated rings. The van der Waals surface area contributed by atoms with Gasteiger partial charge in [-0.3, -0.25) is 0 Å². The highest BCUT2D eigenvalue weighted by molar-refractivity contribution is 7.97. The van der Waals surface area contributed by atoms with Crippen molar-refractivity contribution in [2.75, 3.05) is 0 Å². The molecule has 3 nitrogen and oxygen atoms in total. The van der Waals surface area contributed by atoms with E-state index in [-0.39, 0.29) is 0 Å². The van der Waals surface area contributed by atoms with E-state index in [4.69, 9.17) is 9.78 Å². The molecule has 1 aromatic heterocycles. The minimum absolute atomic E-state index is 0.703. The van der Waals surface area contributed by atoms with Crippen LogP contribution in [0.15, 0.2) is 28.8 Å². The molecular weight excluding hydrogens is 244 g/mol. The molecule has 2 rings (SSSR count). The maximum absolute atomic E-state index is 8.72. The molecule has 0 unspecified atom stereocenters. The normalized spacial score (nSPS) is 10.3. The Balaban J connectivity index is 1.91. The van der Waals surface area contributed by atoms with Crippen molar-refractivity contribution in [1.29, 1.82) is 5.26 Å². The summed E-state index contributed by atoms with van der Waals surface area (Å²) in [7, 11) is 0. The molecule has 0 amide bonds. The Bertz CT molecular complexity index is 547. The molecule has 0 radical (unpaired) electrons. The van der Waals surface area contributed by atoms with E-state index < -0.39 is 0 Å². The lowest BCUT2D eigenvalue weighted by Gasteiger charge is -2.02. The van der Waals surface area contributed by atoms with Gasteiger partial charge in [-0.1, -0.05) is 17.3 Å². The Morgan fingerprint density at radius 2 is 1.94 bits per heavy atom. The highest BCUT2D eigenvalue weighted by Crippen LogP contribution is 2.22. The van der Waals surface area contributed by atoms with Crippen LogP contribution in [0, 0.1) is 25.2 Å². The zero-order valence-corrected chi connectivity index (χ0v) is 11.3. The zero-order valence-electron chi connectivity index (χ0n) is 10.4. The average Bonchev–Trinajstić information content (AvgIpc) is 2.71. The number of nitrogens with zero attached hydrogens (tertiary/aromatic N) is 2. The number of rotatable bonds is 4. The van der Waals surface area contributed by atoms with E-state index in [1.165, 1.54) is 11.1 Å². The molecule has 92 valence electrons. The van der Waals surface area contributed by atoms with E-state index in [0.717, 1.165) is 23.0 Å². The number of hydrogen-bond acceptors (Lipinski definition) is 4. The molecule has 0 aliphatic rings. The van der Waals surface area contributed by atoms with Crippen molar-refractivity contribution in [3.63, 3.8) is 0 Å². The van der Waals surface area contributed by atoms with Crippen LogP contribution >= 0.6 is 11.8 Å². The molecule has 0 saturated carbocycles. The first-order chi connectivity index (χ1) is 8.70. The van der Waals surface area contributed by atoms with Crippen LogP contribution in [0.5, 0.6) is 0 Å². The number of benzene rings is 1. The summed E-state index contributed by atoms with van der Waals surface area (Å²) in [5, 5.41) is 12.7. The van der Waals surface area contributed by atoms with Gasteiger partial charge in [0.1, 0.15) is 5.76 Å². The average molecular weight is 258 g/mol. The van der Waals surface area contributed by atoms with Gasteiger partial charge < -0.3 is 4.52 Å². The van der Waals surface area contributed by atoms with Crippen molar-refractivity contribution in [3.05, 3.63) is 52.4 Å². The van der Waals surface area contributed by atoms with E-state index >= 15 is 0 Å². The van der Waals surface area contributed by atoms with E-state index in [1.807, 2.05) is 49.9 Å². The summed E-state index contributed by atoms with van der Waals surface area (Å²) in [6, 6.07) is 9.82. The molecule has 0 aliphatic carbocycles. The minimum Gasteiger partial charge on any atom is -0.361 e. The van der Waals surface area contributed by atoms with Crippen LogP contribution in [-0.2, 0) is 11.5 Å². The lowest BCUT2D eigenvalue weighted by molar-refractivity contribution is 0.392. The second-order valence-electron chi connectivity index (χ2n) is 4.10. The Morgan fingerprint density at radius 3 is 2.50 bits per heavy atom. The van der Waals surface area contributed by atoms with Gasteiger partial charge in [-0.25, -0.2) is 0 Å². The van der Waals surface area contributed by atoms with Gasteiger partial charge in [0.15, 0.2) is 0 Å². The first-order valence-corrected chi connectivity index (χ1v) is 6.84. The molecule has 0 spiro atoms. The summed E-state index contributed by atoms with van der Waals surface area (Å²) in [6.45, 7) is 3.91. The molecule has 0 aliphatic heterocycles. The lowest BCUT2D eigenvalue weighted by atomic mass is 10.2. The van der Waals surface area contributed by atoms with E-state index in [1.54, 1.807) is 0 Å². The smallest absolute Gasteiger partial charge is 0.137 e. The second kappa shape index (κ2) is 5.74. The first-order valence-electron chi connectivity index (χ1n) is 5.69. The molecule has 1 aromatic carbocycles. The molecule has 18 heavy (non-hydrogen) atoms. The minimum atomic E-state index is 0.703. The van der Waals surface area contributed by atoms with Gasteiger partial charge in [0.2, 0.25) is 0 Å². The van der Waals surface area contributed by atoms with Crippen LogP contribution in [0.3, 0.4) is 0 Å². The predicted octanol–water partition coefficient (Wildman–Crippen LogP) is 3.60. The molecular formula is C14H14N2OS. The monoisotopic (exact) mass is 258 g/mol. The fourth-order valence-electron chi connectivity index (χ4n) is 1.65. The van der Waals surface area contributed by atoms with Crippen LogP contribution in [0.1, 0.15) is 28.1 Å². The number of aryl methyl sites for hydroxylation is 2. The van der Waals surface area contributed by atoms with Crippen molar-refractivity contribution in [2.45, 2.75) is 25.4 Å². The molecule has 2 aromatic rings. The number of thioether (sulfide) groups is 1. The molecule has 0 bridgehead atoms. The van der Waals surface area contributed by atoms with Crippen LogP contribution in [0.25, 0.3) is 0 Å². The fraction of sp³-hybridized carbons (Fsp3) is 0.286. The van der Waals surface area contributed by atoms with E-state index in [2.05, 4.69) is 11.2 Å². The van der Waals surface area contributed by atoms with Gasteiger partial charge >= 0.3 is 0 Å². The van der Waals surface area contributed by atoms with Gasteiger partial charge in [-0.05, 0) is 31.5 Å². The third-order valence-corrected chi connectivity index (χ3v) is 3.81. The molecule has 0 atom stereocenters. The van der Waals surface area contributed by atoms with Crippen LogP contribution in [-0.4, -0.2) is 5.16 Å². The third kappa shape index (κ3) is 2.93. The van der Waals surface area contributed by atoms with Gasteiger partial charge in [0, 0.05) is 17.1 Å². The molecule has 0 N–H and O–H groups in total. The van der Waals surface area contributed by atoms with Crippen molar-refractivity contribution in [1.82, 2.24) is 5.16 Å². The summed E-state index contributed by atoms with van der Waals surface area (Å²) >= 11 is 1.82. The number of hydrogen-bond donors (Lipinski definition) is 0. The number of nitriles is 1. The van der Waals surface area contributed by atoms with Crippen LogP contribution in [0.2, 0.25) is 0 Å². The summed E-state index contributed by atoms with van der Waals surface area (Å²) < 4.78 is 5.13. The molecule has 1 heterocycles. The highest BCUT2D eigenvalue weighted by Gasteiger charge is 2.08. The Morgan fingerprint density at radius 1 is 1.22 bits per heavy atom. The van der Waals surface area contributed by atoms with Gasteiger partial charge in [-0.15, -0.1) is 0 Å². The summed E-state index contributed by atoms with van der Waals surface area (Å²) in [4.78, 5) is 0. The summed E-state index contributed by atoms with van der Waals surface area (Å²) in [5.41, 5.74) is 4.09. The SMILES string of the molecule is Cc1noc(C)c1CSCc1ccc(C#N)cc1. The fourth-order valence-corrected chi connectivity index (χ4v) is 2.80. The predicted molar refractivity (Wildman–Crippen MR) is 72.1 cm³/mol. The van der Waals surface area contributed by atoms with E-state index in [9.17, 15) is 0 Å². The van der Waals surface area contributed by atoms with Gasteiger partial charge in [0.25, 0.3) is 0 Å². The lowest BCUT2D eigenvalue weighted by Crippen LogP contribution is -1.87. The van der Waals surface area contributed by atoms with Gasteiger partial charge in [-0.2, -0.15) is 17.0 Å². The Labute approximate surface area is 111 Å². The quantitative estimate of drug-likeness (QED) is 0.840. The summed E-state index contributed by atoms with van der Waals surface area (Å²) in [6.07, 6.45) is 0. The number of aromatic nitrogens is 1. The molecule has 4 heteroatoms. The highest BCUT2D eigenvalue weighted by atomic mass is 32.2. The van der Waals surface area contributed by atoms with Gasteiger partial charge in [0.05, 0.1) is 17.3 Å². The third-order valence-electron chi connectivity index (χ3n) is 2.78. The standard InChI is InChI=1S/C14H14N2OS/c1-10-14(11(2)17-16-10)9-18-8-13-5-3-12(7-15)4-6-13/h3-6H,8-9H2,1-2H3. The van der Waals surface area contributed by atoms with E-state index in [0.29, 0.717) is 5.56 Å². The maximum atomic E-state index is 8.72. The van der Waals surface area contributed by atoms with Crippen molar-refractivity contribution >= 4 is 11.8 Å². The zero-order chi connectivity index (χ0) is 13.0. The Hall–Kier alpha value is -1.73. The second-order valence-corrected chi connectivity index (χ2v) is 5.09.